The minimum Gasteiger partial charge on any atom is -0.373 e. The van der Waals surface area contributed by atoms with Gasteiger partial charge in [0.15, 0.2) is 0 Å². The highest BCUT2D eigenvalue weighted by Crippen LogP contribution is 2.25. The minimum absolute atomic E-state index is 0.0157. The van der Waals surface area contributed by atoms with Crippen LogP contribution in [-0.2, 0) is 11.2 Å². The van der Waals surface area contributed by atoms with Crippen LogP contribution in [0.1, 0.15) is 31.2 Å². The summed E-state index contributed by atoms with van der Waals surface area (Å²) in [5, 5.41) is 3.40. The number of fused-ring (bicyclic) bond motifs is 1. The van der Waals surface area contributed by atoms with Crippen LogP contribution in [0.5, 0.6) is 0 Å². The molecule has 2 heterocycles. The first kappa shape index (κ1) is 11.6. The highest BCUT2D eigenvalue weighted by atomic mass is 16.2. The van der Waals surface area contributed by atoms with Crippen LogP contribution in [0.2, 0.25) is 0 Å². The molecule has 1 atom stereocenters. The summed E-state index contributed by atoms with van der Waals surface area (Å²) in [5.41, 5.74) is 2.47. The Morgan fingerprint density at radius 1 is 1.17 bits per heavy atom. The van der Waals surface area contributed by atoms with E-state index in [2.05, 4.69) is 23.5 Å². The Kier molecular flexibility index (Phi) is 3.22. The molecule has 1 unspecified atom stereocenters. The fourth-order valence-electron chi connectivity index (χ4n) is 2.96. The molecule has 96 valence electrons. The van der Waals surface area contributed by atoms with Gasteiger partial charge in [-0.15, -0.1) is 0 Å². The number of para-hydroxylation sites is 1. The maximum absolute atomic E-state index is 12.4. The Hall–Kier alpha value is -1.51. The van der Waals surface area contributed by atoms with E-state index in [0.717, 1.165) is 44.5 Å². The van der Waals surface area contributed by atoms with E-state index in [1.807, 2.05) is 11.0 Å². The Bertz CT molecular complexity index is 438. The first-order chi connectivity index (χ1) is 8.84. The lowest BCUT2D eigenvalue weighted by molar-refractivity contribution is -0.133. The molecule has 2 aliphatic heterocycles. The first-order valence-corrected chi connectivity index (χ1v) is 6.98. The van der Waals surface area contributed by atoms with Crippen LogP contribution in [0.4, 0.5) is 5.69 Å². The molecular formula is C15H20N2O. The van der Waals surface area contributed by atoms with Gasteiger partial charge in [0.1, 0.15) is 6.04 Å². The number of benzene rings is 1. The average Bonchev–Trinajstić information content (AvgIpc) is 2.47. The van der Waals surface area contributed by atoms with Crippen molar-refractivity contribution in [1.29, 1.82) is 0 Å². The fraction of sp³-hybridized carbons (Fsp3) is 0.533. The summed E-state index contributed by atoms with van der Waals surface area (Å²) in [6.45, 7) is 1.89. The third kappa shape index (κ3) is 2.22. The van der Waals surface area contributed by atoms with Crippen LogP contribution >= 0.6 is 0 Å². The van der Waals surface area contributed by atoms with E-state index >= 15 is 0 Å². The van der Waals surface area contributed by atoms with Crippen molar-refractivity contribution in [3.63, 3.8) is 0 Å². The number of likely N-dealkylation sites (tertiary alicyclic amines) is 1. The maximum Gasteiger partial charge on any atom is 0.245 e. The lowest BCUT2D eigenvalue weighted by Gasteiger charge is -2.33. The molecule has 1 aromatic carbocycles. The molecule has 1 amide bonds. The van der Waals surface area contributed by atoms with E-state index in [0.29, 0.717) is 5.91 Å². The molecule has 3 nitrogen and oxygen atoms in total. The number of aryl methyl sites for hydroxylation is 1. The van der Waals surface area contributed by atoms with Crippen molar-refractivity contribution in [2.75, 3.05) is 18.4 Å². The number of rotatable bonds is 1. The van der Waals surface area contributed by atoms with Gasteiger partial charge in [-0.05, 0) is 43.7 Å². The molecule has 1 fully saturated rings. The van der Waals surface area contributed by atoms with E-state index in [1.165, 1.54) is 12.0 Å². The number of piperidine rings is 1. The predicted octanol–water partition coefficient (Wildman–Crippen LogP) is 2.43. The summed E-state index contributed by atoms with van der Waals surface area (Å²) in [6, 6.07) is 8.29. The minimum atomic E-state index is -0.0157. The van der Waals surface area contributed by atoms with Crippen molar-refractivity contribution in [3.8, 4) is 0 Å². The van der Waals surface area contributed by atoms with Gasteiger partial charge in [0.25, 0.3) is 0 Å². The molecule has 0 spiro atoms. The zero-order valence-corrected chi connectivity index (χ0v) is 10.7. The predicted molar refractivity (Wildman–Crippen MR) is 72.6 cm³/mol. The lowest BCUT2D eigenvalue weighted by atomic mass is 9.97. The molecule has 0 aliphatic carbocycles. The highest BCUT2D eigenvalue weighted by Gasteiger charge is 2.28. The van der Waals surface area contributed by atoms with Gasteiger partial charge in [0.05, 0.1) is 0 Å². The van der Waals surface area contributed by atoms with Crippen molar-refractivity contribution < 1.29 is 4.79 Å². The zero-order valence-electron chi connectivity index (χ0n) is 10.7. The smallest absolute Gasteiger partial charge is 0.245 e. The Balaban J connectivity index is 1.69. The molecule has 1 N–H and O–H groups in total. The molecule has 1 saturated heterocycles. The van der Waals surface area contributed by atoms with E-state index in [9.17, 15) is 4.79 Å². The third-order valence-corrected chi connectivity index (χ3v) is 4.02. The molecule has 18 heavy (non-hydrogen) atoms. The number of anilines is 1. The summed E-state index contributed by atoms with van der Waals surface area (Å²) in [5.74, 6) is 0.296. The van der Waals surface area contributed by atoms with Crippen LogP contribution in [0, 0.1) is 0 Å². The number of carbonyl (C=O) groups is 1. The molecule has 3 heteroatoms. The van der Waals surface area contributed by atoms with Crippen LogP contribution in [0.25, 0.3) is 0 Å². The number of hydrogen-bond donors (Lipinski definition) is 1. The summed E-state index contributed by atoms with van der Waals surface area (Å²) in [6.07, 6.45) is 5.52. The van der Waals surface area contributed by atoms with Gasteiger partial charge < -0.3 is 10.2 Å². The third-order valence-electron chi connectivity index (χ3n) is 4.02. The summed E-state index contributed by atoms with van der Waals surface area (Å²) >= 11 is 0. The number of nitrogens with one attached hydrogen (secondary N) is 1. The summed E-state index contributed by atoms with van der Waals surface area (Å²) in [7, 11) is 0. The quantitative estimate of drug-likeness (QED) is 0.823. The van der Waals surface area contributed by atoms with Crippen LogP contribution < -0.4 is 5.32 Å². The van der Waals surface area contributed by atoms with Gasteiger partial charge in [-0.3, -0.25) is 4.79 Å². The summed E-state index contributed by atoms with van der Waals surface area (Å²) < 4.78 is 0. The molecule has 0 bridgehead atoms. The lowest BCUT2D eigenvalue weighted by Crippen LogP contribution is -2.46. The SMILES string of the molecule is O=C(C1CCc2ccccc2N1)N1CCCCC1. The number of nitrogens with zero attached hydrogens (tertiary/aromatic N) is 1. The van der Waals surface area contributed by atoms with Crippen LogP contribution in [0.15, 0.2) is 24.3 Å². The summed E-state index contributed by atoms with van der Waals surface area (Å²) in [4.78, 5) is 14.5. The monoisotopic (exact) mass is 244 g/mol. The Morgan fingerprint density at radius 3 is 2.78 bits per heavy atom. The van der Waals surface area contributed by atoms with Gasteiger partial charge in [-0.2, -0.15) is 0 Å². The van der Waals surface area contributed by atoms with Gasteiger partial charge in [-0.25, -0.2) is 0 Å². The van der Waals surface area contributed by atoms with Crippen molar-refractivity contribution in [2.24, 2.45) is 0 Å². The molecule has 2 aliphatic rings. The van der Waals surface area contributed by atoms with Gasteiger partial charge >= 0.3 is 0 Å². The van der Waals surface area contributed by atoms with E-state index < -0.39 is 0 Å². The van der Waals surface area contributed by atoms with E-state index in [1.54, 1.807) is 0 Å². The largest absolute Gasteiger partial charge is 0.373 e. The fourth-order valence-corrected chi connectivity index (χ4v) is 2.96. The second-order valence-corrected chi connectivity index (χ2v) is 5.28. The number of carbonyl (C=O) groups excluding carboxylic acids is 1. The van der Waals surface area contributed by atoms with Gasteiger partial charge in [-0.1, -0.05) is 18.2 Å². The molecule has 0 saturated carbocycles. The standard InChI is InChI=1S/C15H20N2O/c18-15(17-10-4-1-5-11-17)14-9-8-12-6-2-3-7-13(12)16-14/h2-3,6-7,14,16H,1,4-5,8-11H2. The first-order valence-electron chi connectivity index (χ1n) is 6.98. The Morgan fingerprint density at radius 2 is 1.94 bits per heavy atom. The van der Waals surface area contributed by atoms with Gasteiger partial charge in [0.2, 0.25) is 5.91 Å². The molecule has 1 aromatic rings. The maximum atomic E-state index is 12.4. The van der Waals surface area contributed by atoms with E-state index in [4.69, 9.17) is 0 Å². The van der Waals surface area contributed by atoms with Crippen LogP contribution in [0.3, 0.4) is 0 Å². The van der Waals surface area contributed by atoms with E-state index in [-0.39, 0.29) is 6.04 Å². The van der Waals surface area contributed by atoms with Crippen molar-refractivity contribution >= 4 is 11.6 Å². The molecule has 3 rings (SSSR count). The zero-order chi connectivity index (χ0) is 12.4. The highest BCUT2D eigenvalue weighted by molar-refractivity contribution is 5.85. The number of hydrogen-bond acceptors (Lipinski definition) is 2. The molecule has 0 aromatic heterocycles. The molecule has 0 radical (unpaired) electrons. The van der Waals surface area contributed by atoms with Crippen molar-refractivity contribution in [2.45, 2.75) is 38.1 Å². The second-order valence-electron chi connectivity index (χ2n) is 5.28. The second kappa shape index (κ2) is 5.01. The number of amides is 1. The van der Waals surface area contributed by atoms with Crippen LogP contribution in [-0.4, -0.2) is 29.9 Å². The van der Waals surface area contributed by atoms with Crippen molar-refractivity contribution in [3.05, 3.63) is 29.8 Å². The normalized spacial score (nSPS) is 23.1. The van der Waals surface area contributed by atoms with Gasteiger partial charge in [0, 0.05) is 18.8 Å². The average molecular weight is 244 g/mol. The molecular weight excluding hydrogens is 224 g/mol. The topological polar surface area (TPSA) is 32.3 Å². The Labute approximate surface area is 108 Å². The van der Waals surface area contributed by atoms with Crippen molar-refractivity contribution in [1.82, 2.24) is 4.90 Å².